The second-order valence-corrected chi connectivity index (χ2v) is 4.82. The van der Waals surface area contributed by atoms with Crippen LogP contribution in [0.4, 0.5) is 0 Å². The van der Waals surface area contributed by atoms with Gasteiger partial charge in [-0.2, -0.15) is 0 Å². The highest BCUT2D eigenvalue weighted by atomic mass is 16.5. The fraction of sp³-hybridized carbons (Fsp3) is 0.833. The number of Topliss-reactive ketones (excluding diaryl/α,β-unsaturated/α-hetero) is 1. The molecular formula is C12H18O4. The van der Waals surface area contributed by atoms with Crippen LogP contribution < -0.4 is 0 Å². The Morgan fingerprint density at radius 3 is 2.81 bits per heavy atom. The first kappa shape index (κ1) is 11.6. The number of hydrogen-bond acceptors (Lipinski definition) is 4. The summed E-state index contributed by atoms with van der Waals surface area (Å²) in [5.74, 6) is -0.821. The first-order valence-electron chi connectivity index (χ1n) is 5.93. The molecule has 0 radical (unpaired) electrons. The van der Waals surface area contributed by atoms with Gasteiger partial charge in [-0.25, -0.2) is 0 Å². The summed E-state index contributed by atoms with van der Waals surface area (Å²) in [6.07, 6.45) is 2.99. The molecule has 2 aliphatic rings. The van der Waals surface area contributed by atoms with E-state index >= 15 is 0 Å². The maximum Gasteiger partial charge on any atom is 0.309 e. The predicted molar refractivity (Wildman–Crippen MR) is 56.6 cm³/mol. The van der Waals surface area contributed by atoms with Crippen LogP contribution in [0.1, 0.15) is 32.1 Å². The lowest BCUT2D eigenvalue weighted by Crippen LogP contribution is -2.47. The zero-order valence-corrected chi connectivity index (χ0v) is 9.52. The number of fused-ring (bicyclic) bond motifs is 1. The van der Waals surface area contributed by atoms with Crippen molar-refractivity contribution in [2.24, 2.45) is 17.8 Å². The number of aliphatic hydroxyl groups is 1. The van der Waals surface area contributed by atoms with Gasteiger partial charge in [-0.1, -0.05) is 6.42 Å². The Morgan fingerprint density at radius 1 is 1.38 bits per heavy atom. The highest BCUT2D eigenvalue weighted by Gasteiger charge is 2.47. The molecule has 4 nitrogen and oxygen atoms in total. The summed E-state index contributed by atoms with van der Waals surface area (Å²) in [6.45, 7) is 0. The molecule has 0 aliphatic heterocycles. The smallest absolute Gasteiger partial charge is 0.309 e. The normalized spacial score (nSPS) is 39.0. The van der Waals surface area contributed by atoms with E-state index in [9.17, 15) is 14.7 Å². The fourth-order valence-electron chi connectivity index (χ4n) is 3.21. The Hall–Kier alpha value is -0.900. The van der Waals surface area contributed by atoms with E-state index in [1.165, 1.54) is 7.11 Å². The number of rotatable bonds is 1. The van der Waals surface area contributed by atoms with Crippen molar-refractivity contribution in [3.8, 4) is 0 Å². The van der Waals surface area contributed by atoms with Crippen LogP contribution in [0.25, 0.3) is 0 Å². The van der Waals surface area contributed by atoms with Gasteiger partial charge in [0.15, 0.2) is 0 Å². The number of carbonyl (C=O) groups is 2. The van der Waals surface area contributed by atoms with Gasteiger partial charge in [0.05, 0.1) is 19.1 Å². The van der Waals surface area contributed by atoms with E-state index in [-0.39, 0.29) is 29.5 Å². The lowest BCUT2D eigenvalue weighted by Gasteiger charge is -2.41. The maximum atomic E-state index is 11.9. The van der Waals surface area contributed by atoms with E-state index < -0.39 is 6.10 Å². The van der Waals surface area contributed by atoms with Gasteiger partial charge in [0, 0.05) is 12.3 Å². The second-order valence-electron chi connectivity index (χ2n) is 4.82. The van der Waals surface area contributed by atoms with Crippen LogP contribution in [0.5, 0.6) is 0 Å². The molecule has 4 heteroatoms. The average Bonchev–Trinajstić information content (AvgIpc) is 2.32. The molecule has 2 rings (SSSR count). The topological polar surface area (TPSA) is 63.6 Å². The van der Waals surface area contributed by atoms with Gasteiger partial charge in [-0.15, -0.1) is 0 Å². The molecule has 2 fully saturated rings. The molecule has 4 atom stereocenters. The predicted octanol–water partition coefficient (Wildman–Crippen LogP) is 0.916. The molecule has 0 spiro atoms. The van der Waals surface area contributed by atoms with Crippen molar-refractivity contribution in [1.29, 1.82) is 0 Å². The van der Waals surface area contributed by atoms with E-state index in [1.807, 2.05) is 0 Å². The first-order valence-corrected chi connectivity index (χ1v) is 5.93. The summed E-state index contributed by atoms with van der Waals surface area (Å²) in [4.78, 5) is 23.5. The van der Waals surface area contributed by atoms with Crippen LogP contribution in [0.3, 0.4) is 0 Å². The molecule has 16 heavy (non-hydrogen) atoms. The molecule has 2 saturated carbocycles. The molecule has 0 amide bonds. The number of hydrogen-bond donors (Lipinski definition) is 1. The van der Waals surface area contributed by atoms with Crippen LogP contribution in [0.2, 0.25) is 0 Å². The summed E-state index contributed by atoms with van der Waals surface area (Å²) in [7, 11) is 1.36. The van der Waals surface area contributed by atoms with Crippen molar-refractivity contribution >= 4 is 11.8 Å². The van der Waals surface area contributed by atoms with Crippen LogP contribution >= 0.6 is 0 Å². The van der Waals surface area contributed by atoms with E-state index in [0.29, 0.717) is 19.3 Å². The van der Waals surface area contributed by atoms with Crippen molar-refractivity contribution in [2.45, 2.75) is 38.2 Å². The third kappa shape index (κ3) is 1.86. The van der Waals surface area contributed by atoms with Crippen LogP contribution in [-0.2, 0) is 14.3 Å². The third-order valence-electron chi connectivity index (χ3n) is 4.00. The molecule has 0 aromatic carbocycles. The van der Waals surface area contributed by atoms with Gasteiger partial charge in [-0.05, 0) is 25.2 Å². The summed E-state index contributed by atoms with van der Waals surface area (Å²) in [5, 5.41) is 9.89. The Labute approximate surface area is 95.0 Å². The van der Waals surface area contributed by atoms with Crippen molar-refractivity contribution in [3.63, 3.8) is 0 Å². The summed E-state index contributed by atoms with van der Waals surface area (Å²) in [6, 6.07) is 0. The molecular weight excluding hydrogens is 208 g/mol. The Balaban J connectivity index is 2.21. The monoisotopic (exact) mass is 226 g/mol. The van der Waals surface area contributed by atoms with Crippen LogP contribution in [0, 0.1) is 17.8 Å². The Kier molecular flexibility index (Phi) is 3.28. The second kappa shape index (κ2) is 4.53. The lowest BCUT2D eigenvalue weighted by molar-refractivity contribution is -0.157. The highest BCUT2D eigenvalue weighted by molar-refractivity contribution is 5.88. The first-order chi connectivity index (χ1) is 7.65. The SMILES string of the molecule is COC(=O)C1CCCC2C(O)CCC(=O)C12. The molecule has 0 bridgehead atoms. The van der Waals surface area contributed by atoms with Crippen molar-refractivity contribution in [3.05, 3.63) is 0 Å². The minimum Gasteiger partial charge on any atom is -0.469 e. The van der Waals surface area contributed by atoms with Gasteiger partial charge in [-0.3, -0.25) is 9.59 Å². The number of esters is 1. The van der Waals surface area contributed by atoms with Crippen LogP contribution in [-0.4, -0.2) is 30.1 Å². The van der Waals surface area contributed by atoms with Gasteiger partial charge in [0.2, 0.25) is 0 Å². The maximum absolute atomic E-state index is 11.9. The molecule has 4 unspecified atom stereocenters. The van der Waals surface area contributed by atoms with Crippen molar-refractivity contribution < 1.29 is 19.4 Å². The average molecular weight is 226 g/mol. The van der Waals surface area contributed by atoms with E-state index in [0.717, 1.165) is 12.8 Å². The van der Waals surface area contributed by atoms with Gasteiger partial charge < -0.3 is 9.84 Å². The number of ether oxygens (including phenoxy) is 1. The summed E-state index contributed by atoms with van der Waals surface area (Å²) < 4.78 is 4.75. The molecule has 1 N–H and O–H groups in total. The quantitative estimate of drug-likeness (QED) is 0.675. The van der Waals surface area contributed by atoms with E-state index in [2.05, 4.69) is 0 Å². The minimum absolute atomic E-state index is 0.0286. The van der Waals surface area contributed by atoms with Crippen LogP contribution in [0.15, 0.2) is 0 Å². The van der Waals surface area contributed by atoms with Crippen molar-refractivity contribution in [2.75, 3.05) is 7.11 Å². The Morgan fingerprint density at radius 2 is 2.12 bits per heavy atom. The van der Waals surface area contributed by atoms with Gasteiger partial charge in [0.1, 0.15) is 5.78 Å². The number of aliphatic hydroxyl groups excluding tert-OH is 1. The van der Waals surface area contributed by atoms with E-state index in [1.54, 1.807) is 0 Å². The number of ketones is 1. The number of methoxy groups -OCH3 is 1. The van der Waals surface area contributed by atoms with Gasteiger partial charge >= 0.3 is 5.97 Å². The van der Waals surface area contributed by atoms with Crippen molar-refractivity contribution in [1.82, 2.24) is 0 Å². The minimum atomic E-state index is -0.421. The largest absolute Gasteiger partial charge is 0.469 e. The summed E-state index contributed by atoms with van der Waals surface area (Å²) >= 11 is 0. The van der Waals surface area contributed by atoms with Gasteiger partial charge in [0.25, 0.3) is 0 Å². The fourth-order valence-corrected chi connectivity index (χ4v) is 3.21. The molecule has 0 saturated heterocycles. The zero-order chi connectivity index (χ0) is 11.7. The molecule has 90 valence electrons. The molecule has 0 heterocycles. The lowest BCUT2D eigenvalue weighted by atomic mass is 9.64. The highest BCUT2D eigenvalue weighted by Crippen LogP contribution is 2.42. The standard InChI is InChI=1S/C12H18O4/c1-16-12(15)8-4-2-3-7-9(13)5-6-10(14)11(7)8/h7-9,11,13H,2-6H2,1H3. The molecule has 0 aromatic heterocycles. The third-order valence-corrected chi connectivity index (χ3v) is 4.00. The Bertz CT molecular complexity index is 299. The number of carbonyl (C=O) groups excluding carboxylic acids is 2. The molecule has 0 aromatic rings. The zero-order valence-electron chi connectivity index (χ0n) is 9.52. The molecule has 2 aliphatic carbocycles. The summed E-state index contributed by atoms with van der Waals surface area (Å²) in [5.41, 5.74) is 0. The van der Waals surface area contributed by atoms with E-state index in [4.69, 9.17) is 4.74 Å².